The lowest BCUT2D eigenvalue weighted by molar-refractivity contribution is -0.123. The minimum Gasteiger partial charge on any atom is -0.322 e. The van der Waals surface area contributed by atoms with Crippen LogP contribution in [-0.2, 0) is 14.8 Å². The maximum absolute atomic E-state index is 12.6. The Labute approximate surface area is 162 Å². The number of halogens is 1. The van der Waals surface area contributed by atoms with Gasteiger partial charge in [-0.3, -0.25) is 14.6 Å². The van der Waals surface area contributed by atoms with Crippen LogP contribution in [0.4, 0.5) is 11.4 Å². The van der Waals surface area contributed by atoms with E-state index in [1.165, 1.54) is 18.2 Å². The molecule has 0 unspecified atom stereocenters. The Balaban J connectivity index is 1.98. The molecule has 0 atom stereocenters. The Morgan fingerprint density at radius 1 is 1.26 bits per heavy atom. The highest BCUT2D eigenvalue weighted by atomic mass is 35.5. The van der Waals surface area contributed by atoms with Crippen molar-refractivity contribution in [3.8, 4) is 0 Å². The highest BCUT2D eigenvalue weighted by molar-refractivity contribution is 7.94. The summed E-state index contributed by atoms with van der Waals surface area (Å²) in [6, 6.07) is 7.51. The topological polar surface area (TPSA) is 96.4 Å². The van der Waals surface area contributed by atoms with Gasteiger partial charge < -0.3 is 5.32 Å². The van der Waals surface area contributed by atoms with Crippen LogP contribution in [0.2, 0.25) is 5.02 Å². The number of nitrogens with zero attached hydrogens (tertiary/aromatic N) is 2. The molecule has 0 radical (unpaired) electrons. The van der Waals surface area contributed by atoms with Crippen molar-refractivity contribution in [2.24, 2.45) is 5.41 Å². The number of sulfonamides is 1. The fraction of sp³-hybridized carbons (Fsp3) is 0.278. The molecule has 0 bridgehead atoms. The largest absolute Gasteiger partial charge is 0.322 e. The summed E-state index contributed by atoms with van der Waals surface area (Å²) in [7, 11) is -3.87. The first kappa shape index (κ1) is 19.3. The molecular formula is C18H18ClN3O4S. The Bertz CT molecular complexity index is 1050. The number of amides is 2. The van der Waals surface area contributed by atoms with Crippen LogP contribution < -0.4 is 9.62 Å². The fourth-order valence-corrected chi connectivity index (χ4v) is 5.25. The van der Waals surface area contributed by atoms with Crippen molar-refractivity contribution in [2.75, 3.05) is 15.4 Å². The molecule has 9 heteroatoms. The number of anilines is 2. The molecule has 2 amide bonds. The molecule has 1 aliphatic heterocycles. The van der Waals surface area contributed by atoms with E-state index in [4.69, 9.17) is 11.6 Å². The van der Waals surface area contributed by atoms with E-state index in [-0.39, 0.29) is 22.0 Å². The third-order valence-electron chi connectivity index (χ3n) is 4.17. The first-order valence-electron chi connectivity index (χ1n) is 8.12. The van der Waals surface area contributed by atoms with Crippen LogP contribution in [-0.4, -0.2) is 31.0 Å². The minimum absolute atomic E-state index is 0.0224. The van der Waals surface area contributed by atoms with Gasteiger partial charge in [-0.25, -0.2) is 12.7 Å². The van der Waals surface area contributed by atoms with Gasteiger partial charge in [-0.1, -0.05) is 11.6 Å². The van der Waals surface area contributed by atoms with Crippen LogP contribution in [0.15, 0.2) is 36.5 Å². The molecule has 1 aliphatic rings. The van der Waals surface area contributed by atoms with E-state index in [2.05, 4.69) is 10.3 Å². The van der Waals surface area contributed by atoms with Gasteiger partial charge in [0.05, 0.1) is 21.9 Å². The number of hydrogen-bond acceptors (Lipinski definition) is 5. The van der Waals surface area contributed by atoms with Crippen molar-refractivity contribution in [1.82, 2.24) is 4.98 Å². The molecular weight excluding hydrogens is 390 g/mol. The van der Waals surface area contributed by atoms with Crippen LogP contribution >= 0.6 is 11.6 Å². The van der Waals surface area contributed by atoms with Crippen LogP contribution in [0.25, 0.3) is 0 Å². The quantitative estimate of drug-likeness (QED) is 0.843. The number of rotatable bonds is 3. The maximum atomic E-state index is 12.6. The van der Waals surface area contributed by atoms with Gasteiger partial charge in [0.25, 0.3) is 5.91 Å². The Hall–Kier alpha value is -2.45. The summed E-state index contributed by atoms with van der Waals surface area (Å²) in [6.45, 7) is 4.91. The molecule has 7 nitrogen and oxygen atoms in total. The van der Waals surface area contributed by atoms with E-state index >= 15 is 0 Å². The summed E-state index contributed by atoms with van der Waals surface area (Å²) >= 11 is 6.15. The Morgan fingerprint density at radius 3 is 2.56 bits per heavy atom. The number of carbonyl (C=O) groups is 2. The number of pyridine rings is 1. The monoisotopic (exact) mass is 407 g/mol. The minimum atomic E-state index is -3.87. The van der Waals surface area contributed by atoms with E-state index in [9.17, 15) is 18.0 Å². The van der Waals surface area contributed by atoms with Gasteiger partial charge in [-0.2, -0.15) is 0 Å². The number of benzene rings is 1. The average molecular weight is 408 g/mol. The Morgan fingerprint density at radius 2 is 1.96 bits per heavy atom. The third-order valence-corrected chi connectivity index (χ3v) is 6.49. The summed E-state index contributed by atoms with van der Waals surface area (Å²) < 4.78 is 25.7. The second-order valence-electron chi connectivity index (χ2n) is 7.02. The fourth-order valence-electron chi connectivity index (χ4n) is 2.88. The normalized spacial score (nSPS) is 17.8. The molecule has 1 N–H and O–H groups in total. The summed E-state index contributed by atoms with van der Waals surface area (Å²) in [5.41, 5.74) is 0.382. The highest BCUT2D eigenvalue weighted by Crippen LogP contribution is 2.39. The third kappa shape index (κ3) is 3.68. The van der Waals surface area contributed by atoms with Crippen molar-refractivity contribution < 1.29 is 18.0 Å². The SMILES string of the molecule is Cc1cc(NC(=O)c2ccc(Cl)c(N3C(=O)C(C)(C)CS3(=O)=O)c2)ccn1. The summed E-state index contributed by atoms with van der Waals surface area (Å²) in [5, 5.41) is 2.78. The molecule has 142 valence electrons. The standard InChI is InChI=1S/C18H18ClN3O4S/c1-11-8-13(6-7-20-11)21-16(23)12-4-5-14(19)15(9-12)22-17(24)18(2,3)10-27(22,25)26/h4-9H,10H2,1-3H3,(H,20,21,23). The molecule has 0 aliphatic carbocycles. The molecule has 3 rings (SSSR count). The first-order valence-corrected chi connectivity index (χ1v) is 10.1. The van der Waals surface area contributed by atoms with Crippen molar-refractivity contribution in [3.05, 3.63) is 52.8 Å². The molecule has 1 fully saturated rings. The number of nitrogens with one attached hydrogen (secondary N) is 1. The summed E-state index contributed by atoms with van der Waals surface area (Å²) in [4.78, 5) is 29.2. The van der Waals surface area contributed by atoms with Crippen LogP contribution in [0.1, 0.15) is 29.9 Å². The lowest BCUT2D eigenvalue weighted by Gasteiger charge is -2.19. The molecule has 1 saturated heterocycles. The van der Waals surface area contributed by atoms with Gasteiger partial charge in [0.2, 0.25) is 15.9 Å². The molecule has 27 heavy (non-hydrogen) atoms. The number of aryl methyl sites for hydroxylation is 1. The van der Waals surface area contributed by atoms with Crippen LogP contribution in [0.3, 0.4) is 0 Å². The highest BCUT2D eigenvalue weighted by Gasteiger charge is 2.50. The second-order valence-corrected chi connectivity index (χ2v) is 9.24. The van der Waals surface area contributed by atoms with Crippen molar-refractivity contribution in [2.45, 2.75) is 20.8 Å². The average Bonchev–Trinajstić information content (AvgIpc) is 2.71. The van der Waals surface area contributed by atoms with Crippen LogP contribution in [0, 0.1) is 12.3 Å². The van der Waals surface area contributed by atoms with Crippen molar-refractivity contribution in [1.29, 1.82) is 0 Å². The zero-order chi connectivity index (χ0) is 20.0. The van der Waals surface area contributed by atoms with Gasteiger partial charge in [0, 0.05) is 23.1 Å². The summed E-state index contributed by atoms with van der Waals surface area (Å²) in [5.74, 6) is -1.35. The number of hydrogen-bond donors (Lipinski definition) is 1. The van der Waals surface area contributed by atoms with Gasteiger partial charge >= 0.3 is 0 Å². The molecule has 2 heterocycles. The van der Waals surface area contributed by atoms with Crippen molar-refractivity contribution >= 4 is 44.8 Å². The van der Waals surface area contributed by atoms with Gasteiger partial charge in [-0.05, 0) is 51.1 Å². The molecule has 0 saturated carbocycles. The zero-order valence-electron chi connectivity index (χ0n) is 15.0. The predicted molar refractivity (Wildman–Crippen MR) is 103 cm³/mol. The molecule has 0 spiro atoms. The van der Waals surface area contributed by atoms with Gasteiger partial charge in [0.15, 0.2) is 0 Å². The van der Waals surface area contributed by atoms with E-state index in [1.54, 1.807) is 39.1 Å². The van der Waals surface area contributed by atoms with E-state index < -0.39 is 27.3 Å². The van der Waals surface area contributed by atoms with E-state index in [1.807, 2.05) is 0 Å². The Kier molecular flexibility index (Phi) is 4.73. The molecule has 2 aromatic rings. The number of aromatic nitrogens is 1. The number of carbonyl (C=O) groups excluding carboxylic acids is 2. The lowest BCUT2D eigenvalue weighted by Crippen LogP contribution is -2.33. The summed E-state index contributed by atoms with van der Waals surface area (Å²) in [6.07, 6.45) is 1.57. The zero-order valence-corrected chi connectivity index (χ0v) is 16.6. The van der Waals surface area contributed by atoms with Crippen molar-refractivity contribution in [3.63, 3.8) is 0 Å². The second kappa shape index (κ2) is 6.61. The van der Waals surface area contributed by atoms with E-state index in [0.717, 1.165) is 5.69 Å². The lowest BCUT2D eigenvalue weighted by atomic mass is 9.95. The maximum Gasteiger partial charge on any atom is 0.255 e. The first-order chi connectivity index (χ1) is 12.5. The predicted octanol–water partition coefficient (Wildman–Crippen LogP) is 3.00. The van der Waals surface area contributed by atoms with Gasteiger partial charge in [0.1, 0.15) is 0 Å². The molecule has 1 aromatic carbocycles. The van der Waals surface area contributed by atoms with E-state index in [0.29, 0.717) is 9.99 Å². The smallest absolute Gasteiger partial charge is 0.255 e. The molecule has 1 aromatic heterocycles. The van der Waals surface area contributed by atoms with Crippen LogP contribution in [0.5, 0.6) is 0 Å². The van der Waals surface area contributed by atoms with Gasteiger partial charge in [-0.15, -0.1) is 0 Å².